The van der Waals surface area contributed by atoms with E-state index in [1.54, 1.807) is 12.4 Å². The number of rotatable bonds is 4. The van der Waals surface area contributed by atoms with Crippen molar-refractivity contribution in [1.29, 1.82) is 0 Å². The molecule has 0 fully saturated rings. The third kappa shape index (κ3) is 2.73. The molecule has 0 aliphatic carbocycles. The monoisotopic (exact) mass is 267 g/mol. The lowest BCUT2D eigenvalue weighted by molar-refractivity contribution is 0.143. The Kier molecular flexibility index (Phi) is 3.52. The molecule has 0 radical (unpaired) electrons. The van der Waals surface area contributed by atoms with Crippen molar-refractivity contribution < 1.29 is 9.52 Å². The van der Waals surface area contributed by atoms with E-state index >= 15 is 0 Å². The Hall–Kier alpha value is -2.13. The summed E-state index contributed by atoms with van der Waals surface area (Å²) in [5, 5.41) is 11.3. The number of hydrogen-bond acceptors (Lipinski definition) is 3. The largest absolute Gasteiger partial charge is 0.458 e. The molecule has 102 valence electrons. The van der Waals surface area contributed by atoms with Gasteiger partial charge in [-0.2, -0.15) is 0 Å². The zero-order valence-corrected chi connectivity index (χ0v) is 11.4. The fourth-order valence-corrected chi connectivity index (χ4v) is 2.34. The van der Waals surface area contributed by atoms with Gasteiger partial charge in [-0.15, -0.1) is 0 Å². The molecule has 1 aromatic carbocycles. The molecule has 0 saturated heterocycles. The standard InChI is InChI=1S/C17H17NO2/c1-12-2-5-16-14(10-12)11-17(20-16)15(19)4-3-13-6-8-18-9-7-13/h2,5-11,15,19H,3-4H2,1H3. The van der Waals surface area contributed by atoms with Crippen LogP contribution in [0.2, 0.25) is 0 Å². The number of fused-ring (bicyclic) bond motifs is 1. The summed E-state index contributed by atoms with van der Waals surface area (Å²) in [6, 6.07) is 11.9. The molecule has 0 spiro atoms. The molecule has 2 aromatic heterocycles. The van der Waals surface area contributed by atoms with Crippen LogP contribution in [0.4, 0.5) is 0 Å². The van der Waals surface area contributed by atoms with Crippen molar-refractivity contribution >= 4 is 11.0 Å². The summed E-state index contributed by atoms with van der Waals surface area (Å²) in [6.45, 7) is 2.05. The minimum Gasteiger partial charge on any atom is -0.458 e. The van der Waals surface area contributed by atoms with E-state index in [-0.39, 0.29) is 0 Å². The third-order valence-corrected chi connectivity index (χ3v) is 3.48. The Morgan fingerprint density at radius 2 is 1.95 bits per heavy atom. The van der Waals surface area contributed by atoms with Gasteiger partial charge in [-0.25, -0.2) is 0 Å². The molecule has 20 heavy (non-hydrogen) atoms. The van der Waals surface area contributed by atoms with E-state index in [1.807, 2.05) is 37.3 Å². The van der Waals surface area contributed by atoms with Gasteiger partial charge in [0.25, 0.3) is 0 Å². The Balaban J connectivity index is 1.73. The van der Waals surface area contributed by atoms with E-state index in [0.29, 0.717) is 12.2 Å². The topological polar surface area (TPSA) is 46.3 Å². The highest BCUT2D eigenvalue weighted by molar-refractivity contribution is 5.78. The molecule has 3 rings (SSSR count). The highest BCUT2D eigenvalue weighted by Gasteiger charge is 2.13. The van der Waals surface area contributed by atoms with Crippen LogP contribution in [0.25, 0.3) is 11.0 Å². The molecule has 0 aliphatic heterocycles. The minimum absolute atomic E-state index is 0.573. The maximum Gasteiger partial charge on any atom is 0.134 e. The number of aryl methyl sites for hydroxylation is 2. The van der Waals surface area contributed by atoms with Crippen molar-refractivity contribution in [1.82, 2.24) is 4.98 Å². The Morgan fingerprint density at radius 3 is 2.75 bits per heavy atom. The fraction of sp³-hybridized carbons (Fsp3) is 0.235. The molecule has 1 atom stereocenters. The first-order valence-corrected chi connectivity index (χ1v) is 6.79. The van der Waals surface area contributed by atoms with Gasteiger partial charge in [0.1, 0.15) is 17.4 Å². The summed E-state index contributed by atoms with van der Waals surface area (Å²) in [6.07, 6.45) is 4.41. The first kappa shape index (κ1) is 12.9. The average molecular weight is 267 g/mol. The second kappa shape index (κ2) is 5.47. The highest BCUT2D eigenvalue weighted by Crippen LogP contribution is 2.27. The van der Waals surface area contributed by atoms with Gasteiger partial charge in [-0.05, 0) is 55.7 Å². The Morgan fingerprint density at radius 1 is 1.15 bits per heavy atom. The number of furan rings is 1. The van der Waals surface area contributed by atoms with Gasteiger partial charge >= 0.3 is 0 Å². The molecular weight excluding hydrogens is 250 g/mol. The van der Waals surface area contributed by atoms with Crippen LogP contribution in [-0.4, -0.2) is 10.1 Å². The van der Waals surface area contributed by atoms with Gasteiger partial charge in [0.15, 0.2) is 0 Å². The summed E-state index contributed by atoms with van der Waals surface area (Å²) >= 11 is 0. The molecule has 3 aromatic rings. The predicted octanol–water partition coefficient (Wildman–Crippen LogP) is 3.80. The fourth-order valence-electron chi connectivity index (χ4n) is 2.34. The summed E-state index contributed by atoms with van der Waals surface area (Å²) in [5.41, 5.74) is 3.19. The van der Waals surface area contributed by atoms with Crippen LogP contribution in [0.15, 0.2) is 53.2 Å². The quantitative estimate of drug-likeness (QED) is 0.782. The zero-order chi connectivity index (χ0) is 13.9. The van der Waals surface area contributed by atoms with E-state index in [2.05, 4.69) is 11.1 Å². The number of benzene rings is 1. The maximum atomic E-state index is 10.2. The SMILES string of the molecule is Cc1ccc2oc(C(O)CCc3ccncc3)cc2c1. The van der Waals surface area contributed by atoms with E-state index in [4.69, 9.17) is 4.42 Å². The lowest BCUT2D eigenvalue weighted by Crippen LogP contribution is -1.98. The molecule has 3 heteroatoms. The van der Waals surface area contributed by atoms with Gasteiger partial charge in [-0.1, -0.05) is 11.6 Å². The van der Waals surface area contributed by atoms with Crippen molar-refractivity contribution in [3.8, 4) is 0 Å². The number of nitrogens with zero attached hydrogens (tertiary/aromatic N) is 1. The molecule has 0 aliphatic rings. The molecule has 1 N–H and O–H groups in total. The van der Waals surface area contributed by atoms with Gasteiger partial charge in [0.05, 0.1) is 0 Å². The van der Waals surface area contributed by atoms with Crippen LogP contribution < -0.4 is 0 Å². The number of aliphatic hydroxyl groups excluding tert-OH is 1. The zero-order valence-electron chi connectivity index (χ0n) is 11.4. The van der Waals surface area contributed by atoms with Crippen LogP contribution >= 0.6 is 0 Å². The Labute approximate surface area is 117 Å². The second-order valence-electron chi connectivity index (χ2n) is 5.10. The first-order chi connectivity index (χ1) is 9.72. The lowest BCUT2D eigenvalue weighted by Gasteiger charge is -2.07. The molecule has 3 nitrogen and oxygen atoms in total. The summed E-state index contributed by atoms with van der Waals surface area (Å²) in [4.78, 5) is 3.99. The molecule has 2 heterocycles. The average Bonchev–Trinajstić information content (AvgIpc) is 2.89. The number of aromatic nitrogens is 1. The number of pyridine rings is 1. The summed E-state index contributed by atoms with van der Waals surface area (Å²) < 4.78 is 5.71. The normalized spacial score (nSPS) is 12.7. The maximum absolute atomic E-state index is 10.2. The molecule has 0 amide bonds. The van der Waals surface area contributed by atoms with Crippen molar-refractivity contribution in [2.24, 2.45) is 0 Å². The number of aliphatic hydroxyl groups is 1. The van der Waals surface area contributed by atoms with Gasteiger partial charge in [-0.3, -0.25) is 4.98 Å². The van der Waals surface area contributed by atoms with Crippen LogP contribution in [0.1, 0.15) is 29.4 Å². The summed E-state index contributed by atoms with van der Waals surface area (Å²) in [7, 11) is 0. The minimum atomic E-state index is -0.573. The molecule has 1 unspecified atom stereocenters. The smallest absolute Gasteiger partial charge is 0.134 e. The first-order valence-electron chi connectivity index (χ1n) is 6.79. The predicted molar refractivity (Wildman–Crippen MR) is 78.5 cm³/mol. The summed E-state index contributed by atoms with van der Waals surface area (Å²) in [5.74, 6) is 0.639. The van der Waals surface area contributed by atoms with Gasteiger partial charge in [0, 0.05) is 17.8 Å². The van der Waals surface area contributed by atoms with Gasteiger partial charge in [0.2, 0.25) is 0 Å². The third-order valence-electron chi connectivity index (χ3n) is 3.48. The molecule has 0 bridgehead atoms. The second-order valence-corrected chi connectivity index (χ2v) is 5.10. The molecular formula is C17H17NO2. The molecule has 0 saturated carbocycles. The number of hydrogen-bond donors (Lipinski definition) is 1. The van der Waals surface area contributed by atoms with Crippen LogP contribution in [0.3, 0.4) is 0 Å². The van der Waals surface area contributed by atoms with Crippen molar-refractivity contribution in [3.05, 3.63) is 65.7 Å². The van der Waals surface area contributed by atoms with Crippen molar-refractivity contribution in [2.45, 2.75) is 25.9 Å². The van der Waals surface area contributed by atoms with Crippen molar-refractivity contribution in [3.63, 3.8) is 0 Å². The van der Waals surface area contributed by atoms with E-state index < -0.39 is 6.10 Å². The van der Waals surface area contributed by atoms with Crippen LogP contribution in [0, 0.1) is 6.92 Å². The van der Waals surface area contributed by atoms with Crippen LogP contribution in [-0.2, 0) is 6.42 Å². The Bertz CT molecular complexity index is 703. The lowest BCUT2D eigenvalue weighted by atomic mass is 10.1. The highest BCUT2D eigenvalue weighted by atomic mass is 16.4. The van der Waals surface area contributed by atoms with E-state index in [1.165, 1.54) is 11.1 Å². The van der Waals surface area contributed by atoms with Crippen LogP contribution in [0.5, 0.6) is 0 Å². The van der Waals surface area contributed by atoms with Crippen molar-refractivity contribution in [2.75, 3.05) is 0 Å². The van der Waals surface area contributed by atoms with E-state index in [0.717, 1.165) is 17.4 Å². The van der Waals surface area contributed by atoms with E-state index in [9.17, 15) is 5.11 Å². The van der Waals surface area contributed by atoms with Gasteiger partial charge < -0.3 is 9.52 Å².